The summed E-state index contributed by atoms with van der Waals surface area (Å²) in [6.45, 7) is 3.82. The van der Waals surface area contributed by atoms with Gasteiger partial charge in [0.1, 0.15) is 0 Å². The van der Waals surface area contributed by atoms with Gasteiger partial charge in [0.25, 0.3) is 0 Å². The molecule has 2 fully saturated rings. The van der Waals surface area contributed by atoms with Crippen molar-refractivity contribution in [1.29, 1.82) is 0 Å². The second-order valence-corrected chi connectivity index (χ2v) is 7.68. The molecule has 0 aromatic carbocycles. The van der Waals surface area contributed by atoms with Crippen molar-refractivity contribution in [2.24, 2.45) is 17.8 Å². The molecule has 0 spiro atoms. The van der Waals surface area contributed by atoms with E-state index in [0.717, 1.165) is 31.0 Å². The molecule has 0 atom stereocenters. The number of hydrogen-bond acceptors (Lipinski definition) is 2. The van der Waals surface area contributed by atoms with E-state index in [0.29, 0.717) is 6.10 Å². The molecule has 0 N–H and O–H groups in total. The largest absolute Gasteiger partial charge is 0.382 e. The van der Waals surface area contributed by atoms with Crippen LogP contribution in [0.15, 0.2) is 0 Å². The highest BCUT2D eigenvalue weighted by Crippen LogP contribution is 2.41. The lowest BCUT2D eigenvalue weighted by Gasteiger charge is -2.37. The molecule has 130 valence electrons. The SMILES string of the molecule is CCCCC[C@H]1CC[C@H](C2CCC(OCCOC)CC2)CC1. The Morgan fingerprint density at radius 3 is 2.00 bits per heavy atom. The fourth-order valence-corrected chi connectivity index (χ4v) is 4.66. The minimum atomic E-state index is 0.511. The van der Waals surface area contributed by atoms with Crippen LogP contribution in [0.4, 0.5) is 0 Å². The third kappa shape index (κ3) is 6.20. The Balaban J connectivity index is 1.58. The molecule has 0 amide bonds. The van der Waals surface area contributed by atoms with Gasteiger partial charge < -0.3 is 9.47 Å². The summed E-state index contributed by atoms with van der Waals surface area (Å²) < 4.78 is 11.0. The maximum Gasteiger partial charge on any atom is 0.0704 e. The van der Waals surface area contributed by atoms with Crippen molar-refractivity contribution in [3.8, 4) is 0 Å². The Kier molecular flexibility index (Phi) is 8.84. The summed E-state index contributed by atoms with van der Waals surface area (Å²) in [5, 5.41) is 0. The Morgan fingerprint density at radius 2 is 1.41 bits per heavy atom. The molecule has 0 aromatic heterocycles. The fraction of sp³-hybridized carbons (Fsp3) is 1.00. The molecule has 2 aliphatic rings. The van der Waals surface area contributed by atoms with Crippen LogP contribution >= 0.6 is 0 Å². The van der Waals surface area contributed by atoms with E-state index < -0.39 is 0 Å². The van der Waals surface area contributed by atoms with Gasteiger partial charge in [0.15, 0.2) is 0 Å². The average Bonchev–Trinajstić information content (AvgIpc) is 2.57. The van der Waals surface area contributed by atoms with E-state index in [2.05, 4.69) is 6.92 Å². The van der Waals surface area contributed by atoms with E-state index in [-0.39, 0.29) is 0 Å². The van der Waals surface area contributed by atoms with Crippen LogP contribution in [0.25, 0.3) is 0 Å². The molecule has 0 aromatic rings. The standard InChI is InChI=1S/C20H38O2/c1-3-4-5-6-17-7-9-18(10-8-17)19-11-13-20(14-12-19)22-16-15-21-2/h17-20H,3-16H2,1-2H3/t17-,18-,19?,20?. The Hall–Kier alpha value is -0.0800. The zero-order valence-electron chi connectivity index (χ0n) is 15.0. The molecule has 0 heterocycles. The zero-order valence-corrected chi connectivity index (χ0v) is 15.0. The average molecular weight is 311 g/mol. The van der Waals surface area contributed by atoms with E-state index >= 15 is 0 Å². The van der Waals surface area contributed by atoms with E-state index in [9.17, 15) is 0 Å². The van der Waals surface area contributed by atoms with Gasteiger partial charge >= 0.3 is 0 Å². The second-order valence-electron chi connectivity index (χ2n) is 7.68. The summed E-state index contributed by atoms with van der Waals surface area (Å²) in [7, 11) is 1.75. The van der Waals surface area contributed by atoms with Crippen LogP contribution in [-0.4, -0.2) is 26.4 Å². The molecule has 2 rings (SSSR count). The fourth-order valence-electron chi connectivity index (χ4n) is 4.66. The maximum absolute atomic E-state index is 5.91. The summed E-state index contributed by atoms with van der Waals surface area (Å²) in [5.41, 5.74) is 0. The van der Waals surface area contributed by atoms with Gasteiger partial charge in [-0.15, -0.1) is 0 Å². The third-order valence-electron chi connectivity index (χ3n) is 6.13. The van der Waals surface area contributed by atoms with Gasteiger partial charge in [-0.3, -0.25) is 0 Å². The molecule has 22 heavy (non-hydrogen) atoms. The highest BCUT2D eigenvalue weighted by molar-refractivity contribution is 4.82. The summed E-state index contributed by atoms with van der Waals surface area (Å²) in [6.07, 6.45) is 17.7. The van der Waals surface area contributed by atoms with Crippen LogP contribution in [0.2, 0.25) is 0 Å². The Labute approximate surface area is 138 Å². The van der Waals surface area contributed by atoms with E-state index in [1.165, 1.54) is 77.0 Å². The van der Waals surface area contributed by atoms with Crippen LogP contribution in [0, 0.1) is 17.8 Å². The molecule has 2 aliphatic carbocycles. The number of methoxy groups -OCH3 is 1. The summed E-state index contributed by atoms with van der Waals surface area (Å²) >= 11 is 0. The molecule has 0 radical (unpaired) electrons. The maximum atomic E-state index is 5.91. The first-order valence-electron chi connectivity index (χ1n) is 9.94. The van der Waals surface area contributed by atoms with Crippen molar-refractivity contribution in [3.63, 3.8) is 0 Å². The predicted molar refractivity (Wildman–Crippen MR) is 93.2 cm³/mol. The lowest BCUT2D eigenvalue weighted by molar-refractivity contribution is -0.0148. The summed E-state index contributed by atoms with van der Waals surface area (Å²) in [4.78, 5) is 0. The smallest absolute Gasteiger partial charge is 0.0704 e. The molecular weight excluding hydrogens is 272 g/mol. The van der Waals surface area contributed by atoms with Crippen LogP contribution in [0.5, 0.6) is 0 Å². The molecule has 0 unspecified atom stereocenters. The van der Waals surface area contributed by atoms with Gasteiger partial charge in [0.2, 0.25) is 0 Å². The van der Waals surface area contributed by atoms with Gasteiger partial charge in [-0.05, 0) is 56.3 Å². The van der Waals surface area contributed by atoms with Crippen molar-refractivity contribution < 1.29 is 9.47 Å². The van der Waals surface area contributed by atoms with Crippen LogP contribution in [-0.2, 0) is 9.47 Å². The Bertz CT molecular complexity index is 235. The van der Waals surface area contributed by atoms with Crippen molar-refractivity contribution in [2.45, 2.75) is 90.1 Å². The highest BCUT2D eigenvalue weighted by Gasteiger charge is 2.30. The topological polar surface area (TPSA) is 18.5 Å². The highest BCUT2D eigenvalue weighted by atomic mass is 16.5. The number of rotatable bonds is 9. The first kappa shape index (κ1) is 18.3. The molecule has 2 heteroatoms. The number of unbranched alkanes of at least 4 members (excludes halogenated alkanes) is 2. The molecule has 0 bridgehead atoms. The van der Waals surface area contributed by atoms with E-state index in [1.807, 2.05) is 0 Å². The van der Waals surface area contributed by atoms with Gasteiger partial charge in [-0.1, -0.05) is 45.4 Å². The van der Waals surface area contributed by atoms with Crippen molar-refractivity contribution in [2.75, 3.05) is 20.3 Å². The second kappa shape index (κ2) is 10.6. The summed E-state index contributed by atoms with van der Waals surface area (Å²) in [5.74, 6) is 3.08. The van der Waals surface area contributed by atoms with Gasteiger partial charge in [-0.25, -0.2) is 0 Å². The predicted octanol–water partition coefficient (Wildman–Crippen LogP) is 5.59. The van der Waals surface area contributed by atoms with Crippen molar-refractivity contribution >= 4 is 0 Å². The number of ether oxygens (including phenoxy) is 2. The van der Waals surface area contributed by atoms with Crippen LogP contribution in [0.3, 0.4) is 0 Å². The molecule has 0 saturated heterocycles. The first-order valence-corrected chi connectivity index (χ1v) is 9.94. The van der Waals surface area contributed by atoms with Crippen molar-refractivity contribution in [3.05, 3.63) is 0 Å². The quantitative estimate of drug-likeness (QED) is 0.516. The monoisotopic (exact) mass is 310 g/mol. The minimum Gasteiger partial charge on any atom is -0.382 e. The van der Waals surface area contributed by atoms with Crippen LogP contribution < -0.4 is 0 Å². The van der Waals surface area contributed by atoms with Gasteiger partial charge in [-0.2, -0.15) is 0 Å². The number of hydrogen-bond donors (Lipinski definition) is 0. The third-order valence-corrected chi connectivity index (χ3v) is 6.13. The minimum absolute atomic E-state index is 0.511. The van der Waals surface area contributed by atoms with Crippen LogP contribution in [0.1, 0.15) is 84.0 Å². The van der Waals surface area contributed by atoms with E-state index in [1.54, 1.807) is 7.11 Å². The molecule has 2 saturated carbocycles. The Morgan fingerprint density at radius 1 is 0.773 bits per heavy atom. The molecule has 2 nitrogen and oxygen atoms in total. The first-order chi connectivity index (χ1) is 10.8. The summed E-state index contributed by atoms with van der Waals surface area (Å²) in [6, 6.07) is 0. The van der Waals surface area contributed by atoms with Crippen molar-refractivity contribution in [1.82, 2.24) is 0 Å². The molecule has 0 aliphatic heterocycles. The van der Waals surface area contributed by atoms with Gasteiger partial charge in [0, 0.05) is 7.11 Å². The van der Waals surface area contributed by atoms with Gasteiger partial charge in [0.05, 0.1) is 19.3 Å². The zero-order chi connectivity index (χ0) is 15.6. The molecular formula is C20H38O2. The normalized spacial score (nSPS) is 33.0. The lowest BCUT2D eigenvalue weighted by atomic mass is 9.70. The van der Waals surface area contributed by atoms with E-state index in [4.69, 9.17) is 9.47 Å². The lowest BCUT2D eigenvalue weighted by Crippen LogP contribution is -2.29.